The second-order valence-corrected chi connectivity index (χ2v) is 6.13. The third-order valence-electron chi connectivity index (χ3n) is 4.22. The Balaban J connectivity index is 1.89. The zero-order chi connectivity index (χ0) is 15.7. The highest BCUT2D eigenvalue weighted by Crippen LogP contribution is 2.29. The summed E-state index contributed by atoms with van der Waals surface area (Å²) in [4.78, 5) is 14.4. The van der Waals surface area contributed by atoms with E-state index in [0.29, 0.717) is 29.4 Å². The number of aliphatic hydroxyl groups is 1. The number of β-amino-alcohol motifs (C(OH)–C–C–N with tert-alkyl or cyclic N) is 1. The molecule has 0 radical (unpaired) electrons. The van der Waals surface area contributed by atoms with Crippen LogP contribution in [0.3, 0.4) is 0 Å². The molecule has 0 saturated carbocycles. The number of aliphatic hydroxyl groups excluding tert-OH is 1. The zero-order valence-electron chi connectivity index (χ0n) is 12.3. The summed E-state index contributed by atoms with van der Waals surface area (Å²) in [6.45, 7) is 3.00. The molecule has 0 aliphatic carbocycles. The Labute approximate surface area is 133 Å². The summed E-state index contributed by atoms with van der Waals surface area (Å²) in [5, 5.41) is 17.4. The normalized spacial score (nSPS) is 21.9. The van der Waals surface area contributed by atoms with Crippen molar-refractivity contribution in [2.45, 2.75) is 19.4 Å². The second kappa shape index (κ2) is 6.10. The van der Waals surface area contributed by atoms with E-state index in [1.807, 2.05) is 25.1 Å². The predicted octanol–water partition coefficient (Wildman–Crippen LogP) is 2.57. The van der Waals surface area contributed by atoms with Crippen LogP contribution in [-0.4, -0.2) is 45.3 Å². The molecule has 0 bridgehead atoms. The van der Waals surface area contributed by atoms with Gasteiger partial charge in [0.2, 0.25) is 0 Å². The summed E-state index contributed by atoms with van der Waals surface area (Å²) >= 11 is 6.21. The summed E-state index contributed by atoms with van der Waals surface area (Å²) in [7, 11) is 0. The lowest BCUT2D eigenvalue weighted by molar-refractivity contribution is 0.0249. The van der Waals surface area contributed by atoms with Gasteiger partial charge in [-0.05, 0) is 18.4 Å². The lowest BCUT2D eigenvalue weighted by atomic mass is 9.95. The number of aromatic nitrogens is 2. The van der Waals surface area contributed by atoms with Crippen molar-refractivity contribution in [3.05, 3.63) is 41.0 Å². The average molecular weight is 320 g/mol. The molecule has 5 nitrogen and oxygen atoms in total. The molecule has 2 atom stereocenters. The van der Waals surface area contributed by atoms with Crippen molar-refractivity contribution in [3.63, 3.8) is 0 Å². The highest BCUT2D eigenvalue weighted by Gasteiger charge is 2.29. The van der Waals surface area contributed by atoms with Crippen molar-refractivity contribution in [1.29, 1.82) is 0 Å². The summed E-state index contributed by atoms with van der Waals surface area (Å²) in [5.74, 6) is 0.0889. The van der Waals surface area contributed by atoms with Crippen LogP contribution in [0.15, 0.2) is 30.5 Å². The first-order valence-corrected chi connectivity index (χ1v) is 7.71. The third kappa shape index (κ3) is 2.74. The second-order valence-electron chi connectivity index (χ2n) is 5.72. The van der Waals surface area contributed by atoms with Crippen LogP contribution in [0.25, 0.3) is 11.3 Å². The maximum Gasteiger partial charge on any atom is 0.257 e. The lowest BCUT2D eigenvalue weighted by Crippen LogP contribution is -2.45. The van der Waals surface area contributed by atoms with Gasteiger partial charge in [0.05, 0.1) is 23.6 Å². The van der Waals surface area contributed by atoms with Gasteiger partial charge in [0, 0.05) is 23.7 Å². The van der Waals surface area contributed by atoms with Crippen LogP contribution in [-0.2, 0) is 0 Å². The lowest BCUT2D eigenvalue weighted by Gasteiger charge is -2.34. The first-order valence-electron chi connectivity index (χ1n) is 7.33. The molecule has 116 valence electrons. The predicted molar refractivity (Wildman–Crippen MR) is 84.7 cm³/mol. The third-order valence-corrected chi connectivity index (χ3v) is 4.55. The molecule has 2 aromatic rings. The van der Waals surface area contributed by atoms with E-state index >= 15 is 0 Å². The minimum atomic E-state index is -0.478. The van der Waals surface area contributed by atoms with Gasteiger partial charge in [-0.1, -0.05) is 36.7 Å². The summed E-state index contributed by atoms with van der Waals surface area (Å²) in [6.07, 6.45) is 1.84. The molecular weight excluding hydrogens is 302 g/mol. The van der Waals surface area contributed by atoms with Gasteiger partial charge in [-0.25, -0.2) is 0 Å². The fourth-order valence-electron chi connectivity index (χ4n) is 2.72. The van der Waals surface area contributed by atoms with Crippen LogP contribution in [0, 0.1) is 5.92 Å². The Kier molecular flexibility index (Phi) is 4.18. The standard InChI is InChI=1S/C16H18ClN3O2/c1-10-6-7-20(9-14(10)21)16(22)12-8-18-19-15(12)11-4-2-3-5-13(11)17/h2-5,8,10,14,21H,6-7,9H2,1H3,(H,18,19)/t10-,14-/m0/s1. The number of likely N-dealkylation sites (tertiary alicyclic amines) is 1. The number of hydrogen-bond donors (Lipinski definition) is 2. The minimum Gasteiger partial charge on any atom is -0.391 e. The highest BCUT2D eigenvalue weighted by molar-refractivity contribution is 6.33. The molecule has 0 spiro atoms. The van der Waals surface area contributed by atoms with Crippen LogP contribution in [0.2, 0.25) is 5.02 Å². The number of benzene rings is 1. The SMILES string of the molecule is C[C@H]1CCN(C(=O)c2cn[nH]c2-c2ccccc2Cl)C[C@@H]1O. The maximum atomic E-state index is 12.7. The first kappa shape index (κ1) is 15.1. The smallest absolute Gasteiger partial charge is 0.257 e. The highest BCUT2D eigenvalue weighted by atomic mass is 35.5. The van der Waals surface area contributed by atoms with E-state index in [2.05, 4.69) is 10.2 Å². The van der Waals surface area contributed by atoms with Gasteiger partial charge in [-0.2, -0.15) is 5.10 Å². The molecule has 6 heteroatoms. The topological polar surface area (TPSA) is 69.2 Å². The number of carbonyl (C=O) groups excluding carboxylic acids is 1. The number of carbonyl (C=O) groups is 1. The number of aromatic amines is 1. The minimum absolute atomic E-state index is 0.130. The number of nitrogens with zero attached hydrogens (tertiary/aromatic N) is 2. The number of rotatable bonds is 2. The van der Waals surface area contributed by atoms with Crippen molar-refractivity contribution in [1.82, 2.24) is 15.1 Å². The van der Waals surface area contributed by atoms with E-state index in [4.69, 9.17) is 11.6 Å². The fourth-order valence-corrected chi connectivity index (χ4v) is 2.95. The quantitative estimate of drug-likeness (QED) is 0.894. The van der Waals surface area contributed by atoms with Crippen molar-refractivity contribution in [2.75, 3.05) is 13.1 Å². The molecule has 1 amide bonds. The van der Waals surface area contributed by atoms with E-state index in [1.54, 1.807) is 11.0 Å². The number of hydrogen-bond acceptors (Lipinski definition) is 3. The zero-order valence-corrected chi connectivity index (χ0v) is 13.0. The van der Waals surface area contributed by atoms with Crippen LogP contribution >= 0.6 is 11.6 Å². The van der Waals surface area contributed by atoms with Gasteiger partial charge in [-0.3, -0.25) is 9.89 Å². The van der Waals surface area contributed by atoms with E-state index in [1.165, 1.54) is 6.20 Å². The molecule has 22 heavy (non-hydrogen) atoms. The van der Waals surface area contributed by atoms with E-state index in [0.717, 1.165) is 12.0 Å². The number of H-pyrrole nitrogens is 1. The summed E-state index contributed by atoms with van der Waals surface area (Å²) in [6, 6.07) is 7.33. The molecule has 3 rings (SSSR count). The molecule has 2 heterocycles. The molecule has 1 fully saturated rings. The van der Waals surface area contributed by atoms with E-state index in [-0.39, 0.29) is 11.8 Å². The van der Waals surface area contributed by atoms with Gasteiger partial charge in [0.25, 0.3) is 5.91 Å². The van der Waals surface area contributed by atoms with Crippen LogP contribution < -0.4 is 0 Å². The van der Waals surface area contributed by atoms with E-state index < -0.39 is 6.10 Å². The van der Waals surface area contributed by atoms with Crippen molar-refractivity contribution >= 4 is 17.5 Å². The Morgan fingerprint density at radius 1 is 1.45 bits per heavy atom. The van der Waals surface area contributed by atoms with Crippen LogP contribution in [0.5, 0.6) is 0 Å². The molecule has 1 saturated heterocycles. The molecule has 1 aliphatic rings. The van der Waals surface area contributed by atoms with Crippen molar-refractivity contribution in [2.24, 2.45) is 5.92 Å². The molecule has 0 unspecified atom stereocenters. The Hall–Kier alpha value is -1.85. The molecule has 1 aromatic heterocycles. The Morgan fingerprint density at radius 3 is 2.95 bits per heavy atom. The number of nitrogens with one attached hydrogen (secondary N) is 1. The van der Waals surface area contributed by atoms with Crippen molar-refractivity contribution in [3.8, 4) is 11.3 Å². The number of piperidine rings is 1. The van der Waals surface area contributed by atoms with E-state index in [9.17, 15) is 9.90 Å². The summed E-state index contributed by atoms with van der Waals surface area (Å²) < 4.78 is 0. The fraction of sp³-hybridized carbons (Fsp3) is 0.375. The van der Waals surface area contributed by atoms with Crippen LogP contribution in [0.4, 0.5) is 0 Å². The Bertz CT molecular complexity index is 686. The first-order chi connectivity index (χ1) is 10.6. The van der Waals surface area contributed by atoms with Gasteiger partial charge in [-0.15, -0.1) is 0 Å². The number of amides is 1. The molecule has 1 aromatic carbocycles. The average Bonchev–Trinajstić information content (AvgIpc) is 2.99. The summed E-state index contributed by atoms with van der Waals surface area (Å²) in [5.41, 5.74) is 1.84. The Morgan fingerprint density at radius 2 is 2.23 bits per heavy atom. The van der Waals surface area contributed by atoms with Gasteiger partial charge in [0.1, 0.15) is 0 Å². The van der Waals surface area contributed by atoms with Gasteiger partial charge >= 0.3 is 0 Å². The largest absolute Gasteiger partial charge is 0.391 e. The van der Waals surface area contributed by atoms with Gasteiger partial charge in [0.15, 0.2) is 0 Å². The van der Waals surface area contributed by atoms with Crippen LogP contribution in [0.1, 0.15) is 23.7 Å². The van der Waals surface area contributed by atoms with Crippen molar-refractivity contribution < 1.29 is 9.90 Å². The monoisotopic (exact) mass is 319 g/mol. The molecule has 2 N–H and O–H groups in total. The van der Waals surface area contributed by atoms with Gasteiger partial charge < -0.3 is 10.0 Å². The molecular formula is C16H18ClN3O2. The maximum absolute atomic E-state index is 12.7. The number of halogens is 1. The molecule has 1 aliphatic heterocycles.